The Morgan fingerprint density at radius 1 is 1.19 bits per heavy atom. The normalized spacial score (nSPS) is 17.2. The molecule has 21 heavy (non-hydrogen) atoms. The van der Waals surface area contributed by atoms with Crippen molar-refractivity contribution in [2.75, 3.05) is 0 Å². The van der Waals surface area contributed by atoms with Gasteiger partial charge in [-0.2, -0.15) is 0 Å². The fraction of sp³-hybridized carbons (Fsp3) is 0.294. The van der Waals surface area contributed by atoms with E-state index in [1.54, 1.807) is 18.2 Å². The molecule has 0 spiro atoms. The molecule has 2 aromatic carbocycles. The predicted octanol–water partition coefficient (Wildman–Crippen LogP) is 2.74. The lowest BCUT2D eigenvalue weighted by Gasteiger charge is -2.23. The first kappa shape index (κ1) is 13.8. The third-order valence-electron chi connectivity index (χ3n) is 4.18. The summed E-state index contributed by atoms with van der Waals surface area (Å²) in [5.41, 5.74) is 4.05. The minimum absolute atomic E-state index is 0.171. The lowest BCUT2D eigenvalue weighted by atomic mass is 9.87. The lowest BCUT2D eigenvalue weighted by Crippen LogP contribution is -2.84. The van der Waals surface area contributed by atoms with Crippen LogP contribution in [0.15, 0.2) is 48.5 Å². The van der Waals surface area contributed by atoms with Gasteiger partial charge in [0, 0.05) is 29.7 Å². The second-order valence-corrected chi connectivity index (χ2v) is 5.56. The zero-order valence-electron chi connectivity index (χ0n) is 11.9. The summed E-state index contributed by atoms with van der Waals surface area (Å²) in [7, 11) is 0. The molecule has 0 saturated carbocycles. The molecule has 0 bridgehead atoms. The number of aryl methyl sites for hydroxylation is 1. The summed E-state index contributed by atoms with van der Waals surface area (Å²) in [5, 5.41) is 13.1. The summed E-state index contributed by atoms with van der Waals surface area (Å²) in [6, 6.07) is 16.0. The summed E-state index contributed by atoms with van der Waals surface area (Å²) >= 11 is 0. The Morgan fingerprint density at radius 2 is 2.05 bits per heavy atom. The quantitative estimate of drug-likeness (QED) is 0.693. The highest BCUT2D eigenvalue weighted by Crippen LogP contribution is 2.26. The van der Waals surface area contributed by atoms with Gasteiger partial charge in [-0.15, -0.1) is 0 Å². The van der Waals surface area contributed by atoms with Crippen LogP contribution >= 0.6 is 0 Å². The van der Waals surface area contributed by atoms with Crippen molar-refractivity contribution in [1.29, 1.82) is 0 Å². The minimum Gasteiger partial charge on any atom is -0.336 e. The Labute approximate surface area is 124 Å². The highest BCUT2D eigenvalue weighted by atomic mass is 16.6. The Balaban J connectivity index is 1.71. The molecule has 0 fully saturated rings. The molecule has 0 heterocycles. The van der Waals surface area contributed by atoms with Crippen LogP contribution in [-0.2, 0) is 13.0 Å². The van der Waals surface area contributed by atoms with E-state index in [4.69, 9.17) is 0 Å². The highest BCUT2D eigenvalue weighted by Gasteiger charge is 2.22. The first-order valence-electron chi connectivity index (χ1n) is 7.38. The fourth-order valence-electron chi connectivity index (χ4n) is 3.11. The van der Waals surface area contributed by atoms with E-state index in [2.05, 4.69) is 29.6 Å². The number of non-ortho nitro benzene ring substituents is 1. The van der Waals surface area contributed by atoms with Crippen molar-refractivity contribution in [3.8, 4) is 0 Å². The van der Waals surface area contributed by atoms with E-state index in [1.165, 1.54) is 24.0 Å². The van der Waals surface area contributed by atoms with Crippen LogP contribution in [-0.4, -0.2) is 4.92 Å². The molecule has 0 aromatic heterocycles. The van der Waals surface area contributed by atoms with Crippen LogP contribution in [0.4, 0.5) is 5.69 Å². The van der Waals surface area contributed by atoms with Crippen LogP contribution in [0.1, 0.15) is 35.6 Å². The Kier molecular flexibility index (Phi) is 3.97. The van der Waals surface area contributed by atoms with E-state index < -0.39 is 0 Å². The molecule has 2 N–H and O–H groups in total. The van der Waals surface area contributed by atoms with Gasteiger partial charge in [-0.1, -0.05) is 36.4 Å². The van der Waals surface area contributed by atoms with E-state index in [-0.39, 0.29) is 10.6 Å². The number of nitro groups is 1. The monoisotopic (exact) mass is 283 g/mol. The molecule has 1 atom stereocenters. The molecule has 3 rings (SSSR count). The molecular weight excluding hydrogens is 264 g/mol. The number of hydrogen-bond donors (Lipinski definition) is 1. The summed E-state index contributed by atoms with van der Waals surface area (Å²) in [5.74, 6) is 0. The molecule has 0 saturated heterocycles. The van der Waals surface area contributed by atoms with Gasteiger partial charge in [0.1, 0.15) is 12.6 Å². The highest BCUT2D eigenvalue weighted by molar-refractivity contribution is 5.34. The maximum absolute atomic E-state index is 10.8. The molecular formula is C17H19N2O2+. The van der Waals surface area contributed by atoms with Crippen LogP contribution in [0.2, 0.25) is 0 Å². The minimum atomic E-state index is -0.334. The van der Waals surface area contributed by atoms with Crippen molar-refractivity contribution < 1.29 is 10.2 Å². The third kappa shape index (κ3) is 3.11. The number of nitrogens with zero attached hydrogens (tertiary/aromatic N) is 1. The van der Waals surface area contributed by atoms with Gasteiger partial charge in [0.05, 0.1) is 4.92 Å². The maximum atomic E-state index is 10.8. The van der Waals surface area contributed by atoms with Gasteiger partial charge >= 0.3 is 0 Å². The number of rotatable bonds is 4. The largest absolute Gasteiger partial charge is 0.336 e. The number of hydrogen-bond acceptors (Lipinski definition) is 2. The topological polar surface area (TPSA) is 59.8 Å². The molecule has 2 aromatic rings. The average molecular weight is 283 g/mol. The van der Waals surface area contributed by atoms with E-state index in [1.807, 2.05) is 6.07 Å². The molecule has 0 radical (unpaired) electrons. The number of quaternary nitrogens is 1. The summed E-state index contributed by atoms with van der Waals surface area (Å²) in [6.45, 7) is 0.778. The van der Waals surface area contributed by atoms with Crippen molar-refractivity contribution in [2.24, 2.45) is 0 Å². The van der Waals surface area contributed by atoms with Gasteiger partial charge in [0.2, 0.25) is 0 Å². The van der Waals surface area contributed by atoms with Crippen LogP contribution in [0.5, 0.6) is 0 Å². The van der Waals surface area contributed by atoms with Gasteiger partial charge < -0.3 is 5.32 Å². The van der Waals surface area contributed by atoms with Gasteiger partial charge in [0.15, 0.2) is 0 Å². The zero-order chi connectivity index (χ0) is 14.7. The van der Waals surface area contributed by atoms with Gasteiger partial charge in [-0.25, -0.2) is 0 Å². The molecule has 108 valence electrons. The van der Waals surface area contributed by atoms with Crippen molar-refractivity contribution in [3.63, 3.8) is 0 Å². The molecule has 0 amide bonds. The van der Waals surface area contributed by atoms with Gasteiger partial charge in [0.25, 0.3) is 5.69 Å². The van der Waals surface area contributed by atoms with E-state index in [0.717, 1.165) is 18.5 Å². The summed E-state index contributed by atoms with van der Waals surface area (Å²) in [4.78, 5) is 10.5. The van der Waals surface area contributed by atoms with E-state index in [0.29, 0.717) is 6.04 Å². The first-order chi connectivity index (χ1) is 10.2. The molecule has 0 aliphatic heterocycles. The number of benzene rings is 2. The second kappa shape index (κ2) is 6.06. The van der Waals surface area contributed by atoms with Crippen LogP contribution in [0.3, 0.4) is 0 Å². The molecule has 4 heteroatoms. The SMILES string of the molecule is O=[N+]([O-])c1cccc(C[NH2+][C@H]2CCCc3ccccc32)c1. The predicted molar refractivity (Wildman–Crippen MR) is 80.8 cm³/mol. The second-order valence-electron chi connectivity index (χ2n) is 5.56. The van der Waals surface area contributed by atoms with Gasteiger partial charge in [-0.3, -0.25) is 10.1 Å². The number of fused-ring (bicyclic) bond motifs is 1. The average Bonchev–Trinajstić information content (AvgIpc) is 2.53. The van der Waals surface area contributed by atoms with Crippen LogP contribution in [0.25, 0.3) is 0 Å². The maximum Gasteiger partial charge on any atom is 0.269 e. The van der Waals surface area contributed by atoms with Crippen molar-refractivity contribution in [3.05, 3.63) is 75.3 Å². The van der Waals surface area contributed by atoms with Crippen molar-refractivity contribution in [1.82, 2.24) is 0 Å². The third-order valence-corrected chi connectivity index (χ3v) is 4.18. The Bertz CT molecular complexity index is 655. The molecule has 1 aliphatic carbocycles. The van der Waals surface area contributed by atoms with Crippen molar-refractivity contribution >= 4 is 5.69 Å². The standard InChI is InChI=1S/C17H18N2O2/c20-19(21)15-8-3-5-13(11-15)12-18-17-10-4-7-14-6-1-2-9-16(14)17/h1-3,5-6,8-9,11,17-18H,4,7,10,12H2/p+1/t17-/m0/s1. The Hall–Kier alpha value is -2.20. The van der Waals surface area contributed by atoms with Crippen LogP contribution in [0, 0.1) is 10.1 Å². The van der Waals surface area contributed by atoms with Gasteiger partial charge in [-0.05, 0) is 18.4 Å². The van der Waals surface area contributed by atoms with E-state index >= 15 is 0 Å². The van der Waals surface area contributed by atoms with Crippen molar-refractivity contribution in [2.45, 2.75) is 31.8 Å². The smallest absolute Gasteiger partial charge is 0.269 e. The summed E-state index contributed by atoms with van der Waals surface area (Å²) in [6.07, 6.45) is 3.55. The zero-order valence-corrected chi connectivity index (χ0v) is 11.9. The Morgan fingerprint density at radius 3 is 2.90 bits per heavy atom. The lowest BCUT2D eigenvalue weighted by molar-refractivity contribution is -0.712. The van der Waals surface area contributed by atoms with E-state index in [9.17, 15) is 10.1 Å². The fourth-order valence-corrected chi connectivity index (χ4v) is 3.11. The molecule has 4 nitrogen and oxygen atoms in total. The molecule has 1 aliphatic rings. The van der Waals surface area contributed by atoms with Crippen LogP contribution < -0.4 is 5.32 Å². The summed E-state index contributed by atoms with van der Waals surface area (Å²) < 4.78 is 0. The molecule has 0 unspecified atom stereocenters. The number of nitro benzene ring substituents is 1. The number of nitrogens with two attached hydrogens (primary N) is 1. The first-order valence-corrected chi connectivity index (χ1v) is 7.38.